The van der Waals surface area contributed by atoms with Crippen LogP contribution in [-0.2, 0) is 4.79 Å². The zero-order chi connectivity index (χ0) is 19.1. The summed E-state index contributed by atoms with van der Waals surface area (Å²) in [4.78, 5) is 19.9. The van der Waals surface area contributed by atoms with Crippen molar-refractivity contribution in [1.82, 2.24) is 5.32 Å². The van der Waals surface area contributed by atoms with Gasteiger partial charge in [-0.25, -0.2) is 4.98 Å². The van der Waals surface area contributed by atoms with Crippen molar-refractivity contribution in [2.24, 2.45) is 23.2 Å². The number of carbonyl (C=O) groups is 1. The van der Waals surface area contributed by atoms with E-state index in [-0.39, 0.29) is 5.91 Å². The highest BCUT2D eigenvalue weighted by Crippen LogP contribution is 2.61. The molecule has 3 N–H and O–H groups in total. The zero-order valence-electron chi connectivity index (χ0n) is 17.3. The van der Waals surface area contributed by atoms with Crippen LogP contribution in [0.5, 0.6) is 0 Å². The summed E-state index contributed by atoms with van der Waals surface area (Å²) in [6.07, 6.45) is 10.5. The molecule has 1 saturated heterocycles. The molecule has 5 aliphatic rings. The van der Waals surface area contributed by atoms with E-state index in [1.807, 2.05) is 12.3 Å². The number of nitrogens with zero attached hydrogens (tertiary/aromatic N) is 1. The van der Waals surface area contributed by atoms with Gasteiger partial charge in [-0.1, -0.05) is 6.07 Å². The predicted octanol–water partition coefficient (Wildman–Crippen LogP) is 0.927. The van der Waals surface area contributed by atoms with Gasteiger partial charge in [-0.2, -0.15) is 0 Å². The van der Waals surface area contributed by atoms with Crippen molar-refractivity contribution in [3.63, 3.8) is 0 Å². The normalized spacial score (nSPS) is 35.8. The number of rotatable bonds is 5. The average molecular weight is 385 g/mol. The first-order valence-electron chi connectivity index (χ1n) is 11.4. The summed E-state index contributed by atoms with van der Waals surface area (Å²) in [5, 5.41) is 3.45. The molecule has 4 saturated carbocycles. The second-order valence-corrected chi connectivity index (χ2v) is 10.2. The first-order valence-corrected chi connectivity index (χ1v) is 11.4. The van der Waals surface area contributed by atoms with Crippen molar-refractivity contribution in [3.8, 4) is 0 Å². The van der Waals surface area contributed by atoms with Crippen LogP contribution < -0.4 is 20.1 Å². The van der Waals surface area contributed by atoms with E-state index < -0.39 is 0 Å². The molecule has 1 aromatic rings. The SMILES string of the molecule is C[C@@H](NC(=O)C[NH+]1CCN(c2cccc[nH+]2)CC1)C12CC3CC(CC(C3)C1)C2. The fourth-order valence-electron chi connectivity index (χ4n) is 7.20. The summed E-state index contributed by atoms with van der Waals surface area (Å²) in [7, 11) is 0. The fourth-order valence-corrected chi connectivity index (χ4v) is 7.20. The van der Waals surface area contributed by atoms with Gasteiger partial charge in [0.1, 0.15) is 26.2 Å². The van der Waals surface area contributed by atoms with Crippen molar-refractivity contribution >= 4 is 11.7 Å². The zero-order valence-corrected chi connectivity index (χ0v) is 17.3. The molecule has 4 bridgehead atoms. The number of pyridine rings is 1. The Hall–Kier alpha value is -1.62. The quantitative estimate of drug-likeness (QED) is 0.793. The second kappa shape index (κ2) is 7.33. The van der Waals surface area contributed by atoms with E-state index in [1.165, 1.54) is 49.2 Å². The Bertz CT molecular complexity index is 663. The molecule has 5 heteroatoms. The molecule has 0 aromatic carbocycles. The average Bonchev–Trinajstić information content (AvgIpc) is 2.68. The molecule has 5 nitrogen and oxygen atoms in total. The highest BCUT2D eigenvalue weighted by Gasteiger charge is 2.53. The van der Waals surface area contributed by atoms with E-state index >= 15 is 0 Å². The van der Waals surface area contributed by atoms with Crippen LogP contribution in [0.15, 0.2) is 24.4 Å². The first-order chi connectivity index (χ1) is 13.6. The second-order valence-electron chi connectivity index (χ2n) is 10.2. The number of hydrogen-bond acceptors (Lipinski definition) is 2. The van der Waals surface area contributed by atoms with Crippen molar-refractivity contribution in [1.29, 1.82) is 0 Å². The minimum Gasteiger partial charge on any atom is -0.348 e. The van der Waals surface area contributed by atoms with Crippen molar-refractivity contribution < 1.29 is 14.7 Å². The molecule has 1 aromatic heterocycles. The van der Waals surface area contributed by atoms with Crippen LogP contribution in [0.1, 0.15) is 45.4 Å². The lowest BCUT2D eigenvalue weighted by Crippen LogP contribution is -3.16. The Morgan fingerprint density at radius 1 is 1.18 bits per heavy atom. The summed E-state index contributed by atoms with van der Waals surface area (Å²) in [5.41, 5.74) is 0.404. The molecule has 152 valence electrons. The van der Waals surface area contributed by atoms with E-state index in [0.717, 1.165) is 43.9 Å². The molecule has 0 radical (unpaired) electrons. The highest BCUT2D eigenvalue weighted by atomic mass is 16.2. The van der Waals surface area contributed by atoms with E-state index in [2.05, 4.69) is 34.3 Å². The van der Waals surface area contributed by atoms with Crippen LogP contribution in [0.4, 0.5) is 5.82 Å². The molecular formula is C23H36N4O+2. The third kappa shape index (κ3) is 3.54. The Kier molecular flexibility index (Phi) is 4.82. The van der Waals surface area contributed by atoms with Gasteiger partial charge in [0.25, 0.3) is 11.7 Å². The molecule has 28 heavy (non-hydrogen) atoms. The van der Waals surface area contributed by atoms with E-state index in [0.29, 0.717) is 18.0 Å². The van der Waals surface area contributed by atoms with Gasteiger partial charge in [-0.3, -0.25) is 9.69 Å². The van der Waals surface area contributed by atoms with Gasteiger partial charge >= 0.3 is 0 Å². The number of quaternary nitrogens is 1. The maximum atomic E-state index is 12.8. The molecule has 6 rings (SSSR count). The van der Waals surface area contributed by atoms with Crippen LogP contribution in [0, 0.1) is 23.2 Å². The lowest BCUT2D eigenvalue weighted by Gasteiger charge is -2.59. The van der Waals surface area contributed by atoms with E-state index in [9.17, 15) is 4.79 Å². The minimum absolute atomic E-state index is 0.262. The number of nitrogens with one attached hydrogen (secondary N) is 3. The molecule has 1 amide bonds. The van der Waals surface area contributed by atoms with Crippen LogP contribution in [-0.4, -0.2) is 44.7 Å². The molecule has 1 atom stereocenters. The van der Waals surface area contributed by atoms with Gasteiger partial charge in [0.15, 0.2) is 6.54 Å². The molecular weight excluding hydrogens is 348 g/mol. The first kappa shape index (κ1) is 18.4. The number of H-pyrrole nitrogens is 1. The summed E-state index contributed by atoms with van der Waals surface area (Å²) in [6.45, 7) is 7.00. The van der Waals surface area contributed by atoms with Gasteiger partial charge in [-0.05, 0) is 74.7 Å². The maximum Gasteiger partial charge on any atom is 0.275 e. The van der Waals surface area contributed by atoms with Crippen LogP contribution in [0.25, 0.3) is 0 Å². The number of aromatic amines is 1. The number of aromatic nitrogens is 1. The standard InChI is InChI=1S/C23H34N4O/c1-17(23-13-18-10-19(14-23)12-20(11-18)15-23)25-22(28)16-26-6-8-27(9-7-26)21-4-2-3-5-24-21/h2-5,17-20H,6-16H2,1H3,(H,25,28)/p+2/t17-,18?,19?,20?,23?/m1/s1. The van der Waals surface area contributed by atoms with Crippen molar-refractivity contribution in [2.45, 2.75) is 51.5 Å². The fraction of sp³-hybridized carbons (Fsp3) is 0.739. The third-order valence-corrected chi connectivity index (χ3v) is 8.30. The van der Waals surface area contributed by atoms with Crippen molar-refractivity contribution in [2.75, 3.05) is 37.6 Å². The molecule has 5 fully saturated rings. The highest BCUT2D eigenvalue weighted by molar-refractivity contribution is 5.77. The smallest absolute Gasteiger partial charge is 0.275 e. The number of carbonyl (C=O) groups excluding carboxylic acids is 1. The lowest BCUT2D eigenvalue weighted by atomic mass is 9.48. The number of anilines is 1. The molecule has 4 aliphatic carbocycles. The Balaban J connectivity index is 1.12. The van der Waals surface area contributed by atoms with Gasteiger partial charge < -0.3 is 10.2 Å². The van der Waals surface area contributed by atoms with Crippen LogP contribution in [0.3, 0.4) is 0 Å². The summed E-state index contributed by atoms with van der Waals surface area (Å²) < 4.78 is 0. The maximum absolute atomic E-state index is 12.8. The minimum atomic E-state index is 0.262. The van der Waals surface area contributed by atoms with Crippen LogP contribution in [0.2, 0.25) is 0 Å². The van der Waals surface area contributed by atoms with E-state index in [4.69, 9.17) is 0 Å². The number of amides is 1. The largest absolute Gasteiger partial charge is 0.348 e. The molecule has 2 heterocycles. The monoisotopic (exact) mass is 384 g/mol. The third-order valence-electron chi connectivity index (χ3n) is 8.30. The number of hydrogen-bond donors (Lipinski definition) is 2. The van der Waals surface area contributed by atoms with E-state index in [1.54, 1.807) is 0 Å². The summed E-state index contributed by atoms with van der Waals surface area (Å²) >= 11 is 0. The van der Waals surface area contributed by atoms with Gasteiger partial charge in [0.2, 0.25) is 0 Å². The molecule has 1 aliphatic heterocycles. The topological polar surface area (TPSA) is 50.9 Å². The number of piperazine rings is 1. The summed E-state index contributed by atoms with van der Waals surface area (Å²) in [6, 6.07) is 6.56. The Morgan fingerprint density at radius 3 is 2.39 bits per heavy atom. The molecule has 0 spiro atoms. The van der Waals surface area contributed by atoms with Gasteiger partial charge in [0, 0.05) is 12.1 Å². The van der Waals surface area contributed by atoms with Gasteiger partial charge in [-0.15, -0.1) is 0 Å². The summed E-state index contributed by atoms with van der Waals surface area (Å²) in [5.74, 6) is 4.27. The van der Waals surface area contributed by atoms with Crippen LogP contribution >= 0.6 is 0 Å². The Morgan fingerprint density at radius 2 is 1.82 bits per heavy atom. The lowest BCUT2D eigenvalue weighted by molar-refractivity contribution is -0.892. The Labute approximate surface area is 168 Å². The predicted molar refractivity (Wildman–Crippen MR) is 109 cm³/mol. The molecule has 0 unspecified atom stereocenters. The van der Waals surface area contributed by atoms with Gasteiger partial charge in [0.05, 0.1) is 6.20 Å². The van der Waals surface area contributed by atoms with Crippen molar-refractivity contribution in [3.05, 3.63) is 24.4 Å².